The van der Waals surface area contributed by atoms with E-state index in [2.05, 4.69) is 11.9 Å². The van der Waals surface area contributed by atoms with Gasteiger partial charge in [0, 0.05) is 18.9 Å². The molecule has 3 nitrogen and oxygen atoms in total. The minimum absolute atomic E-state index is 0.0702. The molecule has 1 amide bonds. The van der Waals surface area contributed by atoms with Crippen molar-refractivity contribution in [3.8, 4) is 0 Å². The lowest BCUT2D eigenvalue weighted by Crippen LogP contribution is -2.29. The van der Waals surface area contributed by atoms with E-state index < -0.39 is 6.10 Å². The molecule has 0 radical (unpaired) electrons. The zero-order chi connectivity index (χ0) is 16.7. The molecule has 0 fully saturated rings. The molecule has 2 unspecified atom stereocenters. The quantitative estimate of drug-likeness (QED) is 0.770. The molecule has 4 heteroatoms. The third kappa shape index (κ3) is 5.04. The van der Waals surface area contributed by atoms with Crippen LogP contribution in [0.25, 0.3) is 0 Å². The molecular formula is C19H20FNO2. The van der Waals surface area contributed by atoms with Gasteiger partial charge in [-0.25, -0.2) is 4.39 Å². The van der Waals surface area contributed by atoms with E-state index in [1.165, 1.54) is 24.3 Å². The minimum atomic E-state index is -0.863. The van der Waals surface area contributed by atoms with E-state index >= 15 is 0 Å². The summed E-state index contributed by atoms with van der Waals surface area (Å²) >= 11 is 0. The second-order valence-electron chi connectivity index (χ2n) is 5.33. The highest BCUT2D eigenvalue weighted by atomic mass is 19.1. The number of hydrogen-bond donors (Lipinski definition) is 2. The minimum Gasteiger partial charge on any atom is -0.387 e. The van der Waals surface area contributed by atoms with Crippen LogP contribution in [-0.2, 0) is 4.79 Å². The van der Waals surface area contributed by atoms with E-state index in [1.54, 1.807) is 6.08 Å². The molecule has 0 saturated heterocycles. The Balaban J connectivity index is 1.86. The molecular weight excluding hydrogens is 293 g/mol. The van der Waals surface area contributed by atoms with Crippen LogP contribution < -0.4 is 5.32 Å². The summed E-state index contributed by atoms with van der Waals surface area (Å²) in [7, 11) is 0. The van der Waals surface area contributed by atoms with Crippen molar-refractivity contribution in [1.82, 2.24) is 5.32 Å². The van der Waals surface area contributed by atoms with Crippen molar-refractivity contribution in [2.24, 2.45) is 0 Å². The molecule has 2 aromatic carbocycles. The van der Waals surface area contributed by atoms with Gasteiger partial charge in [0.2, 0.25) is 5.91 Å². The lowest BCUT2D eigenvalue weighted by atomic mass is 9.95. The number of carbonyl (C=O) groups is 1. The fraction of sp³-hybridized carbons (Fsp3) is 0.211. The molecule has 2 rings (SSSR count). The van der Waals surface area contributed by atoms with E-state index in [9.17, 15) is 14.3 Å². The number of amides is 1. The van der Waals surface area contributed by atoms with Gasteiger partial charge in [-0.1, -0.05) is 48.5 Å². The summed E-state index contributed by atoms with van der Waals surface area (Å²) in [4.78, 5) is 12.0. The smallest absolute Gasteiger partial charge is 0.221 e. The maximum atomic E-state index is 12.8. The van der Waals surface area contributed by atoms with E-state index in [4.69, 9.17) is 0 Å². The molecule has 0 saturated carbocycles. The van der Waals surface area contributed by atoms with Crippen molar-refractivity contribution in [3.05, 3.63) is 84.2 Å². The van der Waals surface area contributed by atoms with Crippen LogP contribution in [0.3, 0.4) is 0 Å². The number of aliphatic hydroxyl groups is 1. The van der Waals surface area contributed by atoms with Gasteiger partial charge >= 0.3 is 0 Å². The third-order valence-corrected chi connectivity index (χ3v) is 3.66. The van der Waals surface area contributed by atoms with Gasteiger partial charge in [0.05, 0.1) is 6.10 Å². The van der Waals surface area contributed by atoms with Crippen LogP contribution in [0.15, 0.2) is 67.3 Å². The van der Waals surface area contributed by atoms with Gasteiger partial charge in [0.25, 0.3) is 0 Å². The molecule has 23 heavy (non-hydrogen) atoms. The molecule has 0 heterocycles. The van der Waals surface area contributed by atoms with Crippen LogP contribution in [0.5, 0.6) is 0 Å². The number of carbonyl (C=O) groups excluding carboxylic acids is 1. The number of benzene rings is 2. The van der Waals surface area contributed by atoms with Crippen molar-refractivity contribution < 1.29 is 14.3 Å². The van der Waals surface area contributed by atoms with Crippen LogP contribution in [0.2, 0.25) is 0 Å². The Morgan fingerprint density at radius 3 is 2.39 bits per heavy atom. The standard InChI is InChI=1S/C19H20FNO2/c1-2-14(15-6-4-3-5-7-15)12-19(23)21-13-18(22)16-8-10-17(20)11-9-16/h2-11,14,18,22H,1,12-13H2,(H,21,23). The highest BCUT2D eigenvalue weighted by molar-refractivity contribution is 5.77. The lowest BCUT2D eigenvalue weighted by molar-refractivity contribution is -0.121. The van der Waals surface area contributed by atoms with E-state index in [1.807, 2.05) is 30.3 Å². The topological polar surface area (TPSA) is 49.3 Å². The Morgan fingerprint density at radius 2 is 1.78 bits per heavy atom. The Labute approximate surface area is 135 Å². The normalized spacial score (nSPS) is 13.1. The Bertz CT molecular complexity index is 640. The summed E-state index contributed by atoms with van der Waals surface area (Å²) in [6, 6.07) is 15.2. The van der Waals surface area contributed by atoms with Crippen molar-refractivity contribution in [3.63, 3.8) is 0 Å². The first-order chi connectivity index (χ1) is 11.1. The molecule has 0 aliphatic heterocycles. The van der Waals surface area contributed by atoms with Crippen LogP contribution in [0.1, 0.15) is 29.6 Å². The summed E-state index contributed by atoms with van der Waals surface area (Å²) in [5.41, 5.74) is 1.59. The largest absolute Gasteiger partial charge is 0.387 e. The van der Waals surface area contributed by atoms with Crippen molar-refractivity contribution in [2.45, 2.75) is 18.4 Å². The van der Waals surface area contributed by atoms with Gasteiger partial charge in [-0.05, 0) is 23.3 Å². The monoisotopic (exact) mass is 313 g/mol. The van der Waals surface area contributed by atoms with Gasteiger partial charge in [-0.15, -0.1) is 6.58 Å². The average Bonchev–Trinajstić information content (AvgIpc) is 2.59. The molecule has 2 N–H and O–H groups in total. The number of hydrogen-bond acceptors (Lipinski definition) is 2. The van der Waals surface area contributed by atoms with E-state index in [0.717, 1.165) is 5.56 Å². The van der Waals surface area contributed by atoms with Gasteiger partial charge in [-0.3, -0.25) is 4.79 Å². The van der Waals surface area contributed by atoms with Crippen LogP contribution in [0, 0.1) is 5.82 Å². The van der Waals surface area contributed by atoms with Gasteiger partial charge in [-0.2, -0.15) is 0 Å². The SMILES string of the molecule is C=CC(CC(=O)NCC(O)c1ccc(F)cc1)c1ccccc1. The second kappa shape index (κ2) is 8.25. The molecule has 0 aliphatic rings. The molecule has 0 aromatic heterocycles. The summed E-state index contributed by atoms with van der Waals surface area (Å²) < 4.78 is 12.8. The van der Waals surface area contributed by atoms with E-state index in [0.29, 0.717) is 5.56 Å². The predicted octanol–water partition coefficient (Wildman–Crippen LogP) is 3.34. The highest BCUT2D eigenvalue weighted by Crippen LogP contribution is 2.20. The van der Waals surface area contributed by atoms with E-state index in [-0.39, 0.29) is 30.6 Å². The predicted molar refractivity (Wildman–Crippen MR) is 88.4 cm³/mol. The molecule has 120 valence electrons. The summed E-state index contributed by atoms with van der Waals surface area (Å²) in [5.74, 6) is -0.597. The summed E-state index contributed by atoms with van der Waals surface area (Å²) in [6.45, 7) is 3.86. The second-order valence-corrected chi connectivity index (χ2v) is 5.33. The Morgan fingerprint density at radius 1 is 1.13 bits per heavy atom. The Kier molecular flexibility index (Phi) is 6.06. The first kappa shape index (κ1) is 16.9. The zero-order valence-electron chi connectivity index (χ0n) is 12.8. The third-order valence-electron chi connectivity index (χ3n) is 3.66. The maximum absolute atomic E-state index is 12.8. The number of halogens is 1. The van der Waals surface area contributed by atoms with Crippen molar-refractivity contribution >= 4 is 5.91 Å². The fourth-order valence-corrected chi connectivity index (χ4v) is 2.32. The molecule has 2 atom stereocenters. The first-order valence-electron chi connectivity index (χ1n) is 7.48. The molecule has 0 bridgehead atoms. The van der Waals surface area contributed by atoms with Gasteiger partial charge in [0.1, 0.15) is 5.82 Å². The van der Waals surface area contributed by atoms with Crippen molar-refractivity contribution in [1.29, 1.82) is 0 Å². The van der Waals surface area contributed by atoms with Crippen LogP contribution >= 0.6 is 0 Å². The molecule has 0 spiro atoms. The number of nitrogens with one attached hydrogen (secondary N) is 1. The lowest BCUT2D eigenvalue weighted by Gasteiger charge is -2.15. The van der Waals surface area contributed by atoms with Crippen LogP contribution in [-0.4, -0.2) is 17.6 Å². The van der Waals surface area contributed by atoms with Crippen LogP contribution in [0.4, 0.5) is 4.39 Å². The number of rotatable bonds is 7. The zero-order valence-corrected chi connectivity index (χ0v) is 12.8. The summed E-state index contributed by atoms with van der Waals surface area (Å²) in [6.07, 6.45) is 1.15. The van der Waals surface area contributed by atoms with Gasteiger partial charge in [0.15, 0.2) is 0 Å². The van der Waals surface area contributed by atoms with Crippen molar-refractivity contribution in [2.75, 3.05) is 6.54 Å². The molecule has 2 aromatic rings. The first-order valence-corrected chi connectivity index (χ1v) is 7.48. The fourth-order valence-electron chi connectivity index (χ4n) is 2.32. The summed E-state index contributed by atoms with van der Waals surface area (Å²) in [5, 5.41) is 12.7. The van der Waals surface area contributed by atoms with Gasteiger partial charge < -0.3 is 10.4 Å². The Hall–Kier alpha value is -2.46. The average molecular weight is 313 g/mol. The number of allylic oxidation sites excluding steroid dienone is 1. The highest BCUT2D eigenvalue weighted by Gasteiger charge is 2.14. The maximum Gasteiger partial charge on any atom is 0.221 e. The number of aliphatic hydroxyl groups excluding tert-OH is 1. The molecule has 0 aliphatic carbocycles.